The molecule has 10 heteroatoms. The summed E-state index contributed by atoms with van der Waals surface area (Å²) in [5.74, 6) is 1.85. The van der Waals surface area contributed by atoms with Gasteiger partial charge in [0.1, 0.15) is 23.3 Å². The molecule has 4 aromatic rings. The van der Waals surface area contributed by atoms with E-state index >= 15 is 0 Å². The molecule has 0 aliphatic carbocycles. The molecular formula is C21H22N6O3S. The van der Waals surface area contributed by atoms with E-state index in [2.05, 4.69) is 30.5 Å². The number of methoxy groups -OCH3 is 2. The summed E-state index contributed by atoms with van der Waals surface area (Å²) in [4.78, 5) is 27.9. The van der Waals surface area contributed by atoms with E-state index in [4.69, 9.17) is 9.47 Å². The summed E-state index contributed by atoms with van der Waals surface area (Å²) in [6, 6.07) is 9.11. The number of carbonyl (C=O) groups is 1. The van der Waals surface area contributed by atoms with E-state index in [9.17, 15) is 4.79 Å². The molecule has 0 bridgehead atoms. The van der Waals surface area contributed by atoms with Crippen LogP contribution in [0, 0.1) is 13.8 Å². The van der Waals surface area contributed by atoms with Crippen molar-refractivity contribution in [1.29, 1.82) is 0 Å². The average Bonchev–Trinajstić information content (AvgIpc) is 3.35. The molecule has 1 amide bonds. The Morgan fingerprint density at radius 3 is 2.58 bits per heavy atom. The smallest absolute Gasteiger partial charge is 0.262 e. The highest BCUT2D eigenvalue weighted by molar-refractivity contribution is 7.20. The van der Waals surface area contributed by atoms with Crippen molar-refractivity contribution in [1.82, 2.24) is 30.5 Å². The van der Waals surface area contributed by atoms with E-state index in [1.54, 1.807) is 14.2 Å². The van der Waals surface area contributed by atoms with Crippen LogP contribution >= 0.6 is 11.3 Å². The molecule has 160 valence electrons. The summed E-state index contributed by atoms with van der Waals surface area (Å²) < 4.78 is 10.6. The van der Waals surface area contributed by atoms with Gasteiger partial charge in [-0.05, 0) is 25.0 Å². The Balaban J connectivity index is 1.73. The highest BCUT2D eigenvalue weighted by Crippen LogP contribution is 2.35. The lowest BCUT2D eigenvalue weighted by atomic mass is 10.1. The van der Waals surface area contributed by atoms with Gasteiger partial charge in [-0.1, -0.05) is 30.3 Å². The van der Waals surface area contributed by atoms with Crippen molar-refractivity contribution in [3.63, 3.8) is 0 Å². The van der Waals surface area contributed by atoms with Crippen molar-refractivity contribution in [2.75, 3.05) is 14.2 Å². The Kier molecular flexibility index (Phi) is 5.92. The van der Waals surface area contributed by atoms with Gasteiger partial charge in [0.2, 0.25) is 5.88 Å². The molecule has 0 saturated carbocycles. The zero-order valence-corrected chi connectivity index (χ0v) is 18.4. The number of aromatic amines is 1. The van der Waals surface area contributed by atoms with E-state index in [1.807, 2.05) is 44.2 Å². The van der Waals surface area contributed by atoms with Crippen LogP contribution < -0.4 is 10.1 Å². The molecule has 0 radical (unpaired) electrons. The van der Waals surface area contributed by atoms with Crippen LogP contribution in [0.5, 0.6) is 5.88 Å². The summed E-state index contributed by atoms with van der Waals surface area (Å²) >= 11 is 1.29. The molecule has 1 atom stereocenters. The molecule has 1 aromatic carbocycles. The third-order valence-electron chi connectivity index (χ3n) is 4.76. The molecule has 0 aliphatic rings. The maximum absolute atomic E-state index is 13.3. The number of benzene rings is 1. The molecule has 4 rings (SSSR count). The fourth-order valence-corrected chi connectivity index (χ4v) is 4.42. The normalized spacial score (nSPS) is 12.1. The Morgan fingerprint density at radius 2 is 1.94 bits per heavy atom. The molecule has 0 saturated heterocycles. The van der Waals surface area contributed by atoms with Crippen LogP contribution in [0.25, 0.3) is 10.2 Å². The van der Waals surface area contributed by atoms with E-state index in [0.717, 1.165) is 16.5 Å². The zero-order valence-electron chi connectivity index (χ0n) is 17.6. The number of H-pyrrole nitrogens is 1. The quantitative estimate of drug-likeness (QED) is 0.456. The molecule has 3 heterocycles. The highest BCUT2D eigenvalue weighted by atomic mass is 32.1. The minimum Gasteiger partial charge on any atom is -0.480 e. The topological polar surface area (TPSA) is 115 Å². The van der Waals surface area contributed by atoms with Gasteiger partial charge >= 0.3 is 0 Å². The number of aromatic nitrogens is 5. The van der Waals surface area contributed by atoms with E-state index in [0.29, 0.717) is 33.1 Å². The van der Waals surface area contributed by atoms with E-state index in [1.165, 1.54) is 11.3 Å². The maximum Gasteiger partial charge on any atom is 0.262 e. The summed E-state index contributed by atoms with van der Waals surface area (Å²) in [7, 11) is 3.12. The van der Waals surface area contributed by atoms with Crippen LogP contribution in [0.3, 0.4) is 0 Å². The number of hydrogen-bond acceptors (Lipinski definition) is 8. The van der Waals surface area contributed by atoms with Crippen molar-refractivity contribution >= 4 is 27.5 Å². The predicted octanol–water partition coefficient (Wildman–Crippen LogP) is 3.10. The highest BCUT2D eigenvalue weighted by Gasteiger charge is 2.26. The van der Waals surface area contributed by atoms with Crippen LogP contribution in [-0.4, -0.2) is 45.3 Å². The molecule has 0 aliphatic heterocycles. The van der Waals surface area contributed by atoms with Crippen molar-refractivity contribution in [3.8, 4) is 5.88 Å². The van der Waals surface area contributed by atoms with Crippen LogP contribution in [0.4, 0.5) is 0 Å². The number of rotatable bonds is 7. The maximum atomic E-state index is 13.3. The third kappa shape index (κ3) is 4.12. The fourth-order valence-electron chi connectivity index (χ4n) is 3.33. The summed E-state index contributed by atoms with van der Waals surface area (Å²) in [6.07, 6.45) is 0. The number of amides is 1. The number of ether oxygens (including phenoxy) is 2. The van der Waals surface area contributed by atoms with Gasteiger partial charge in [-0.15, -0.1) is 11.3 Å². The lowest BCUT2D eigenvalue weighted by Gasteiger charge is -2.16. The average molecular weight is 439 g/mol. The monoisotopic (exact) mass is 438 g/mol. The number of carbonyl (C=O) groups excluding carboxylic acids is 1. The number of nitrogens with zero attached hydrogens (tertiary/aromatic N) is 4. The Bertz CT molecular complexity index is 1220. The van der Waals surface area contributed by atoms with Gasteiger partial charge in [-0.2, -0.15) is 10.1 Å². The fraction of sp³-hybridized carbons (Fsp3) is 0.286. The molecule has 3 aromatic heterocycles. The van der Waals surface area contributed by atoms with Gasteiger partial charge in [0.25, 0.3) is 5.91 Å². The second-order valence-corrected chi connectivity index (χ2v) is 7.91. The van der Waals surface area contributed by atoms with Gasteiger partial charge < -0.3 is 14.8 Å². The second kappa shape index (κ2) is 8.78. The standard InChI is InChI=1S/C21H22N6O3S/c1-11-15-20(30-4)23-14(10-29-3)24-21(15)31-17(11)19(28)25-16(13-8-6-5-7-9-13)18-22-12(2)26-27-18/h5-9,16H,10H2,1-4H3,(H,25,28)(H,22,26,27). The molecule has 9 nitrogen and oxygen atoms in total. The SMILES string of the molecule is COCc1nc(OC)c2c(C)c(C(=O)NC(c3ccccc3)c3n[nH]c(C)n3)sc2n1. The van der Waals surface area contributed by atoms with E-state index < -0.39 is 6.04 Å². The minimum atomic E-state index is -0.500. The Morgan fingerprint density at radius 1 is 1.16 bits per heavy atom. The lowest BCUT2D eigenvalue weighted by Crippen LogP contribution is -2.30. The summed E-state index contributed by atoms with van der Waals surface area (Å²) in [5.41, 5.74) is 1.64. The van der Waals surface area contributed by atoms with E-state index in [-0.39, 0.29) is 12.5 Å². The number of fused-ring (bicyclic) bond motifs is 1. The lowest BCUT2D eigenvalue weighted by molar-refractivity contribution is 0.0945. The number of nitrogens with one attached hydrogen (secondary N) is 2. The number of hydrogen-bond donors (Lipinski definition) is 2. The minimum absolute atomic E-state index is 0.243. The Labute approximate surface area is 182 Å². The molecule has 2 N–H and O–H groups in total. The first-order valence-corrected chi connectivity index (χ1v) is 10.4. The van der Waals surface area contributed by atoms with Crippen LogP contribution in [0.2, 0.25) is 0 Å². The van der Waals surface area contributed by atoms with Gasteiger partial charge in [0.05, 0.1) is 17.4 Å². The first kappa shape index (κ1) is 20.9. The van der Waals surface area contributed by atoms with Gasteiger partial charge in [0, 0.05) is 7.11 Å². The Hall–Kier alpha value is -3.37. The number of thiophene rings is 1. The number of aryl methyl sites for hydroxylation is 2. The largest absolute Gasteiger partial charge is 0.480 e. The summed E-state index contributed by atoms with van der Waals surface area (Å²) in [6.45, 7) is 3.94. The molecule has 31 heavy (non-hydrogen) atoms. The van der Waals surface area contributed by atoms with Crippen molar-refractivity contribution in [2.45, 2.75) is 26.5 Å². The molecular weight excluding hydrogens is 416 g/mol. The predicted molar refractivity (Wildman–Crippen MR) is 116 cm³/mol. The first-order valence-electron chi connectivity index (χ1n) is 9.59. The van der Waals surface area contributed by atoms with Crippen molar-refractivity contribution in [3.05, 3.63) is 63.8 Å². The van der Waals surface area contributed by atoms with Gasteiger partial charge in [-0.25, -0.2) is 9.97 Å². The van der Waals surface area contributed by atoms with Crippen LogP contribution in [0.1, 0.15) is 44.3 Å². The van der Waals surface area contributed by atoms with Crippen molar-refractivity contribution in [2.24, 2.45) is 0 Å². The third-order valence-corrected chi connectivity index (χ3v) is 5.94. The molecule has 1 unspecified atom stereocenters. The van der Waals surface area contributed by atoms with Gasteiger partial charge in [0.15, 0.2) is 11.6 Å². The van der Waals surface area contributed by atoms with Crippen LogP contribution in [0.15, 0.2) is 30.3 Å². The summed E-state index contributed by atoms with van der Waals surface area (Å²) in [5, 5.41) is 10.9. The zero-order chi connectivity index (χ0) is 22.0. The second-order valence-electron chi connectivity index (χ2n) is 6.91. The van der Waals surface area contributed by atoms with Crippen molar-refractivity contribution < 1.29 is 14.3 Å². The molecule has 0 spiro atoms. The van der Waals surface area contributed by atoms with Gasteiger partial charge in [-0.3, -0.25) is 9.89 Å². The first-order chi connectivity index (χ1) is 15.0. The van der Waals surface area contributed by atoms with Crippen LogP contribution in [-0.2, 0) is 11.3 Å². The molecule has 0 fully saturated rings.